The van der Waals surface area contributed by atoms with Gasteiger partial charge in [0.25, 0.3) is 0 Å². The van der Waals surface area contributed by atoms with Crippen molar-refractivity contribution in [3.8, 4) is 55.6 Å². The van der Waals surface area contributed by atoms with E-state index in [4.69, 9.17) is 0 Å². The van der Waals surface area contributed by atoms with Crippen molar-refractivity contribution in [3.63, 3.8) is 0 Å². The average molecular weight is 706 g/mol. The van der Waals surface area contributed by atoms with Crippen LogP contribution in [0.5, 0.6) is 0 Å². The second-order valence-corrected chi connectivity index (χ2v) is 14.9. The molecule has 1 N–H and O–H groups in total. The summed E-state index contributed by atoms with van der Waals surface area (Å²) in [5, 5.41) is 8.94. The van der Waals surface area contributed by atoms with Gasteiger partial charge in [0, 0.05) is 37.1 Å². The second kappa shape index (κ2) is 13.7. The summed E-state index contributed by atoms with van der Waals surface area (Å²) in [6, 6.07) is 74.8. The highest BCUT2D eigenvalue weighted by Crippen LogP contribution is 2.40. The Balaban J connectivity index is 1.04. The van der Waals surface area contributed by atoms with E-state index < -0.39 is 0 Å². The van der Waals surface area contributed by atoms with E-state index in [1.807, 2.05) is 11.3 Å². The lowest BCUT2D eigenvalue weighted by molar-refractivity contribution is 1.52. The van der Waals surface area contributed by atoms with Crippen molar-refractivity contribution in [2.24, 2.45) is 0 Å². The number of nitrogens with one attached hydrogen (secondary N) is 1. The molecule has 0 aliphatic heterocycles. The van der Waals surface area contributed by atoms with Gasteiger partial charge in [-0.15, -0.1) is 11.3 Å². The van der Waals surface area contributed by atoms with E-state index in [2.05, 4.69) is 212 Å². The quantitative estimate of drug-likeness (QED) is 0.174. The van der Waals surface area contributed by atoms with Crippen molar-refractivity contribution in [3.05, 3.63) is 206 Å². The fourth-order valence-electron chi connectivity index (χ4n) is 7.62. The standard InChI is InChI=1S/C52H35NS/c1-2-10-35(11-3-1)39-14-8-15-40(30-39)43-24-28-50(53-46-26-22-37(23-27-46)42-21-20-36-12-4-5-13-38(36)31-42)48(33-43)45-17-9-16-41(32-45)44-25-29-52-49(34-44)47-18-6-7-19-51(47)54-52/h1-34,53H. The van der Waals surface area contributed by atoms with Crippen LogP contribution in [0.3, 0.4) is 0 Å². The molecule has 1 nitrogen and oxygen atoms in total. The third kappa shape index (κ3) is 6.13. The van der Waals surface area contributed by atoms with Crippen molar-refractivity contribution in [1.29, 1.82) is 0 Å². The molecule has 10 rings (SSSR count). The Hall–Kier alpha value is -6.74. The van der Waals surface area contributed by atoms with Crippen LogP contribution in [0.15, 0.2) is 206 Å². The zero-order chi connectivity index (χ0) is 35.8. The predicted octanol–water partition coefficient (Wildman–Crippen LogP) is 15.3. The largest absolute Gasteiger partial charge is 0.355 e. The van der Waals surface area contributed by atoms with Crippen molar-refractivity contribution in [1.82, 2.24) is 0 Å². The van der Waals surface area contributed by atoms with Gasteiger partial charge in [0.2, 0.25) is 0 Å². The first kappa shape index (κ1) is 32.0. The zero-order valence-electron chi connectivity index (χ0n) is 29.5. The summed E-state index contributed by atoms with van der Waals surface area (Å²) in [6.45, 7) is 0. The Labute approximate surface area is 319 Å². The third-order valence-corrected chi connectivity index (χ3v) is 11.6. The van der Waals surface area contributed by atoms with Gasteiger partial charge in [-0.1, -0.05) is 146 Å². The molecule has 0 unspecified atom stereocenters. The Morgan fingerprint density at radius 3 is 1.67 bits per heavy atom. The first-order valence-electron chi connectivity index (χ1n) is 18.4. The smallest absolute Gasteiger partial charge is 0.0464 e. The number of fused-ring (bicyclic) bond motifs is 4. The third-order valence-electron chi connectivity index (χ3n) is 10.5. The number of hydrogen-bond donors (Lipinski definition) is 1. The molecule has 0 radical (unpaired) electrons. The molecule has 2 heteroatoms. The minimum absolute atomic E-state index is 1.05. The molecule has 0 aliphatic rings. The minimum Gasteiger partial charge on any atom is -0.355 e. The van der Waals surface area contributed by atoms with Gasteiger partial charge in [0.1, 0.15) is 0 Å². The number of thiophene rings is 1. The molecule has 254 valence electrons. The summed E-state index contributed by atoms with van der Waals surface area (Å²) in [5.41, 5.74) is 14.1. The summed E-state index contributed by atoms with van der Waals surface area (Å²) < 4.78 is 2.65. The highest BCUT2D eigenvalue weighted by molar-refractivity contribution is 7.25. The maximum atomic E-state index is 3.80. The van der Waals surface area contributed by atoms with Crippen LogP contribution in [0.1, 0.15) is 0 Å². The lowest BCUT2D eigenvalue weighted by Gasteiger charge is -2.16. The molecule has 0 saturated heterocycles. The van der Waals surface area contributed by atoms with Gasteiger partial charge in [-0.05, 0) is 122 Å². The molecule has 10 aromatic rings. The van der Waals surface area contributed by atoms with Gasteiger partial charge >= 0.3 is 0 Å². The Kier molecular flexibility index (Phi) is 8.09. The molecule has 1 heterocycles. The van der Waals surface area contributed by atoms with Crippen molar-refractivity contribution < 1.29 is 0 Å². The molecule has 0 spiro atoms. The van der Waals surface area contributed by atoms with Crippen LogP contribution in [0, 0.1) is 0 Å². The second-order valence-electron chi connectivity index (χ2n) is 13.9. The summed E-state index contributed by atoms with van der Waals surface area (Å²) in [5.74, 6) is 0. The van der Waals surface area contributed by atoms with Gasteiger partial charge in [0.05, 0.1) is 0 Å². The Morgan fingerprint density at radius 2 is 0.833 bits per heavy atom. The van der Waals surface area contributed by atoms with Gasteiger partial charge in [0.15, 0.2) is 0 Å². The molecule has 54 heavy (non-hydrogen) atoms. The minimum atomic E-state index is 1.05. The van der Waals surface area contributed by atoms with Gasteiger partial charge < -0.3 is 5.32 Å². The lowest BCUT2D eigenvalue weighted by atomic mass is 9.93. The summed E-state index contributed by atoms with van der Waals surface area (Å²) in [4.78, 5) is 0. The van der Waals surface area contributed by atoms with Crippen LogP contribution in [-0.4, -0.2) is 0 Å². The van der Waals surface area contributed by atoms with E-state index >= 15 is 0 Å². The Morgan fingerprint density at radius 1 is 0.296 bits per heavy atom. The van der Waals surface area contributed by atoms with Crippen LogP contribution < -0.4 is 5.32 Å². The van der Waals surface area contributed by atoms with E-state index in [9.17, 15) is 0 Å². The molecular weight excluding hydrogens is 671 g/mol. The van der Waals surface area contributed by atoms with Crippen LogP contribution in [0.2, 0.25) is 0 Å². The normalized spacial score (nSPS) is 11.3. The fraction of sp³-hybridized carbons (Fsp3) is 0. The van der Waals surface area contributed by atoms with Gasteiger partial charge in [-0.25, -0.2) is 0 Å². The molecule has 0 saturated carbocycles. The zero-order valence-corrected chi connectivity index (χ0v) is 30.4. The molecule has 0 fully saturated rings. The van der Waals surface area contributed by atoms with E-state index in [1.165, 1.54) is 81.0 Å². The summed E-state index contributed by atoms with van der Waals surface area (Å²) in [6.07, 6.45) is 0. The summed E-state index contributed by atoms with van der Waals surface area (Å²) >= 11 is 1.86. The number of benzene rings is 9. The molecule has 0 bridgehead atoms. The van der Waals surface area contributed by atoms with E-state index in [1.54, 1.807) is 0 Å². The molecule has 1 aromatic heterocycles. The first-order valence-corrected chi connectivity index (χ1v) is 19.2. The van der Waals surface area contributed by atoms with E-state index in [0.717, 1.165) is 16.9 Å². The predicted molar refractivity (Wildman–Crippen MR) is 234 cm³/mol. The van der Waals surface area contributed by atoms with Crippen molar-refractivity contribution in [2.45, 2.75) is 0 Å². The average Bonchev–Trinajstić information content (AvgIpc) is 3.62. The highest BCUT2D eigenvalue weighted by atomic mass is 32.1. The van der Waals surface area contributed by atoms with Crippen LogP contribution in [-0.2, 0) is 0 Å². The molecule has 9 aromatic carbocycles. The maximum absolute atomic E-state index is 3.80. The van der Waals surface area contributed by atoms with Gasteiger partial charge in [-0.3, -0.25) is 0 Å². The van der Waals surface area contributed by atoms with Crippen LogP contribution in [0.4, 0.5) is 11.4 Å². The van der Waals surface area contributed by atoms with Crippen LogP contribution >= 0.6 is 11.3 Å². The monoisotopic (exact) mass is 705 g/mol. The first-order chi connectivity index (χ1) is 26.7. The van der Waals surface area contributed by atoms with E-state index in [-0.39, 0.29) is 0 Å². The number of hydrogen-bond acceptors (Lipinski definition) is 2. The Bertz CT molecular complexity index is 2960. The highest BCUT2D eigenvalue weighted by Gasteiger charge is 2.13. The van der Waals surface area contributed by atoms with Crippen molar-refractivity contribution >= 4 is 53.7 Å². The maximum Gasteiger partial charge on any atom is 0.0464 e. The molecule has 0 amide bonds. The molecule has 0 aliphatic carbocycles. The summed E-state index contributed by atoms with van der Waals surface area (Å²) in [7, 11) is 0. The van der Waals surface area contributed by atoms with E-state index in [0.29, 0.717) is 0 Å². The fourth-order valence-corrected chi connectivity index (χ4v) is 8.71. The molecule has 0 atom stereocenters. The number of anilines is 2. The van der Waals surface area contributed by atoms with Crippen LogP contribution in [0.25, 0.3) is 86.6 Å². The number of rotatable bonds is 7. The lowest BCUT2D eigenvalue weighted by Crippen LogP contribution is -1.95. The van der Waals surface area contributed by atoms with Crippen molar-refractivity contribution in [2.75, 3.05) is 5.32 Å². The van der Waals surface area contributed by atoms with Gasteiger partial charge in [-0.2, -0.15) is 0 Å². The topological polar surface area (TPSA) is 12.0 Å². The SMILES string of the molecule is c1ccc(-c2cccc(-c3ccc(Nc4ccc(-c5ccc6ccccc6c5)cc4)c(-c4cccc(-c5ccc6sc7ccccc7c6c5)c4)c3)c2)cc1. The molecular formula is C52H35NS.